The van der Waals surface area contributed by atoms with Gasteiger partial charge in [0.1, 0.15) is 16.7 Å². The average Bonchev–Trinajstić information content (AvgIpc) is 3.84. The van der Waals surface area contributed by atoms with Gasteiger partial charge in [-0.15, -0.1) is 0 Å². The highest BCUT2D eigenvalue weighted by Crippen LogP contribution is 2.44. The van der Waals surface area contributed by atoms with E-state index in [4.69, 9.17) is 13.8 Å². The van der Waals surface area contributed by atoms with Crippen LogP contribution in [0.5, 0.6) is 0 Å². The van der Waals surface area contributed by atoms with Gasteiger partial charge in [-0.2, -0.15) is 0 Å². The van der Waals surface area contributed by atoms with E-state index in [1.165, 1.54) is 27.1 Å². The van der Waals surface area contributed by atoms with Gasteiger partial charge in [0, 0.05) is 44.9 Å². The molecule has 4 nitrogen and oxygen atoms in total. The molecular weight excluding hydrogens is 673 g/mol. The lowest BCUT2D eigenvalue weighted by atomic mass is 9.99. The topological polar surface area (TPSA) is 42.4 Å². The van der Waals surface area contributed by atoms with Crippen LogP contribution in [-0.4, -0.2) is 4.98 Å². The fourth-order valence-corrected chi connectivity index (χ4v) is 8.04. The Balaban J connectivity index is 1.03. The molecule has 0 unspecified atom stereocenters. The molecule has 11 rings (SSSR count). The molecule has 0 atom stereocenters. The molecule has 0 fully saturated rings. The molecule has 0 saturated carbocycles. The maximum Gasteiger partial charge on any atom is 0.227 e. The summed E-state index contributed by atoms with van der Waals surface area (Å²) in [4.78, 5) is 7.19. The summed E-state index contributed by atoms with van der Waals surface area (Å²) < 4.78 is 12.8. The SMILES string of the molecule is c1ccc(-c2nc3cc4c(cc3o2)oc2c(-c3ccc(N(c5ccc6c(ccc7ccccc76)c5)c5ccccc5-c5ccccc5)cc3)cccc24)cc1. The first-order valence-electron chi connectivity index (χ1n) is 18.5. The highest BCUT2D eigenvalue weighted by Gasteiger charge is 2.20. The minimum absolute atomic E-state index is 0.603. The quantitative estimate of drug-likeness (QED) is 0.162. The molecule has 0 aliphatic rings. The second kappa shape index (κ2) is 12.6. The molecule has 0 spiro atoms. The first-order chi connectivity index (χ1) is 27.2. The maximum atomic E-state index is 6.62. The molecule has 11 aromatic rings. The third kappa shape index (κ3) is 5.26. The van der Waals surface area contributed by atoms with E-state index in [0.29, 0.717) is 11.5 Å². The number of rotatable bonds is 6. The van der Waals surface area contributed by atoms with Crippen molar-refractivity contribution in [1.29, 1.82) is 0 Å². The van der Waals surface area contributed by atoms with Gasteiger partial charge in [0.15, 0.2) is 5.58 Å². The molecule has 0 N–H and O–H groups in total. The summed E-state index contributed by atoms with van der Waals surface area (Å²) in [5.41, 5.74) is 11.8. The van der Waals surface area contributed by atoms with Crippen molar-refractivity contribution in [1.82, 2.24) is 4.98 Å². The first-order valence-corrected chi connectivity index (χ1v) is 18.5. The lowest BCUT2D eigenvalue weighted by Crippen LogP contribution is -2.11. The van der Waals surface area contributed by atoms with Crippen LogP contribution in [0, 0.1) is 0 Å². The zero-order valence-electron chi connectivity index (χ0n) is 29.7. The third-order valence-corrected chi connectivity index (χ3v) is 10.7. The summed E-state index contributed by atoms with van der Waals surface area (Å²) in [6, 6.07) is 68.3. The van der Waals surface area contributed by atoms with Gasteiger partial charge in [-0.25, -0.2) is 4.98 Å². The Kier molecular flexibility index (Phi) is 7.14. The fourth-order valence-electron chi connectivity index (χ4n) is 8.04. The Morgan fingerprint density at radius 3 is 1.89 bits per heavy atom. The molecule has 0 aliphatic heterocycles. The van der Waals surface area contributed by atoms with Crippen molar-refractivity contribution in [2.45, 2.75) is 0 Å². The second-order valence-electron chi connectivity index (χ2n) is 13.9. The summed E-state index contributed by atoms with van der Waals surface area (Å²) in [6.07, 6.45) is 0. The smallest absolute Gasteiger partial charge is 0.227 e. The Morgan fingerprint density at radius 1 is 0.382 bits per heavy atom. The number of benzene rings is 9. The van der Waals surface area contributed by atoms with Gasteiger partial charge in [0.2, 0.25) is 5.89 Å². The molecule has 0 bridgehead atoms. The molecule has 0 radical (unpaired) electrons. The van der Waals surface area contributed by atoms with Crippen LogP contribution in [0.25, 0.3) is 88.3 Å². The molecule has 9 aromatic carbocycles. The minimum Gasteiger partial charge on any atom is -0.455 e. The highest BCUT2D eigenvalue weighted by molar-refractivity contribution is 6.13. The maximum absolute atomic E-state index is 6.62. The largest absolute Gasteiger partial charge is 0.455 e. The Morgan fingerprint density at radius 2 is 1.04 bits per heavy atom. The fraction of sp³-hybridized carbons (Fsp3) is 0. The predicted octanol–water partition coefficient (Wildman–Crippen LogP) is 14.5. The van der Waals surface area contributed by atoms with E-state index in [0.717, 1.165) is 66.8 Å². The summed E-state index contributed by atoms with van der Waals surface area (Å²) in [7, 11) is 0. The number of fused-ring (bicyclic) bond motifs is 7. The van der Waals surface area contributed by atoms with Gasteiger partial charge in [-0.3, -0.25) is 0 Å². The molecule has 0 amide bonds. The number of oxazole rings is 1. The van der Waals surface area contributed by atoms with Crippen molar-refractivity contribution < 1.29 is 8.83 Å². The second-order valence-corrected chi connectivity index (χ2v) is 13.9. The Hall–Kier alpha value is -7.43. The van der Waals surface area contributed by atoms with Crippen LogP contribution in [0.4, 0.5) is 17.1 Å². The highest BCUT2D eigenvalue weighted by atomic mass is 16.4. The van der Waals surface area contributed by atoms with Crippen molar-refractivity contribution in [3.05, 3.63) is 194 Å². The van der Waals surface area contributed by atoms with E-state index >= 15 is 0 Å². The molecule has 55 heavy (non-hydrogen) atoms. The van der Waals surface area contributed by atoms with Crippen LogP contribution in [0.3, 0.4) is 0 Å². The van der Waals surface area contributed by atoms with Gasteiger partial charge in [0.25, 0.3) is 0 Å². The number of hydrogen-bond donors (Lipinski definition) is 0. The summed E-state index contributed by atoms with van der Waals surface area (Å²) >= 11 is 0. The molecule has 0 aliphatic carbocycles. The molecule has 0 saturated heterocycles. The minimum atomic E-state index is 0.603. The zero-order valence-corrected chi connectivity index (χ0v) is 29.7. The summed E-state index contributed by atoms with van der Waals surface area (Å²) in [5.74, 6) is 0.603. The van der Waals surface area contributed by atoms with Crippen molar-refractivity contribution in [3.8, 4) is 33.7 Å². The van der Waals surface area contributed by atoms with E-state index in [1.54, 1.807) is 0 Å². The number of nitrogens with zero attached hydrogens (tertiary/aromatic N) is 2. The van der Waals surface area contributed by atoms with E-state index < -0.39 is 0 Å². The van der Waals surface area contributed by atoms with Crippen LogP contribution in [0.2, 0.25) is 0 Å². The lowest BCUT2D eigenvalue weighted by Gasteiger charge is -2.28. The van der Waals surface area contributed by atoms with E-state index in [1.807, 2.05) is 36.4 Å². The van der Waals surface area contributed by atoms with Crippen LogP contribution in [0.15, 0.2) is 203 Å². The number of aromatic nitrogens is 1. The number of anilines is 3. The Labute approximate surface area is 317 Å². The van der Waals surface area contributed by atoms with E-state index in [9.17, 15) is 0 Å². The first kappa shape index (κ1) is 31.1. The van der Waals surface area contributed by atoms with Crippen LogP contribution < -0.4 is 4.90 Å². The molecule has 2 aromatic heterocycles. The molecule has 2 heterocycles. The lowest BCUT2D eigenvalue weighted by molar-refractivity contribution is 0.617. The molecule has 258 valence electrons. The predicted molar refractivity (Wildman–Crippen MR) is 227 cm³/mol. The van der Waals surface area contributed by atoms with Crippen molar-refractivity contribution in [2.75, 3.05) is 4.90 Å². The van der Waals surface area contributed by atoms with E-state index in [-0.39, 0.29) is 0 Å². The van der Waals surface area contributed by atoms with Crippen molar-refractivity contribution in [3.63, 3.8) is 0 Å². The van der Waals surface area contributed by atoms with Crippen LogP contribution >= 0.6 is 0 Å². The summed E-state index contributed by atoms with van der Waals surface area (Å²) in [6.45, 7) is 0. The zero-order chi connectivity index (χ0) is 36.3. The van der Waals surface area contributed by atoms with Gasteiger partial charge >= 0.3 is 0 Å². The Bertz CT molecular complexity index is 3200. The molecule has 4 heteroatoms. The molecular formula is C51H32N2O2. The van der Waals surface area contributed by atoms with E-state index in [2.05, 4.69) is 163 Å². The van der Waals surface area contributed by atoms with Crippen LogP contribution in [-0.2, 0) is 0 Å². The van der Waals surface area contributed by atoms with Gasteiger partial charge in [-0.1, -0.05) is 140 Å². The van der Waals surface area contributed by atoms with Gasteiger partial charge < -0.3 is 13.7 Å². The number of hydrogen-bond acceptors (Lipinski definition) is 4. The van der Waals surface area contributed by atoms with Gasteiger partial charge in [0.05, 0.1) is 5.69 Å². The number of furan rings is 1. The number of para-hydroxylation sites is 2. The standard InChI is InChI=1S/C51H32N2O2/c1-3-12-33(13-4-1)42-18-9-10-21-47(42)53(39-28-29-41-37(30-39)23-22-34-14-7-8-17-40(34)41)38-26-24-35(25-27-38)43-19-11-20-44-45-31-46-49(32-48(45)54-50(43)44)55-51(52-46)36-15-5-2-6-16-36/h1-32H. The van der Waals surface area contributed by atoms with Crippen molar-refractivity contribution >= 4 is 71.6 Å². The normalized spacial score (nSPS) is 11.6. The summed E-state index contributed by atoms with van der Waals surface area (Å²) in [5, 5.41) is 7.00. The third-order valence-electron chi connectivity index (χ3n) is 10.7. The monoisotopic (exact) mass is 704 g/mol. The van der Waals surface area contributed by atoms with Crippen molar-refractivity contribution in [2.24, 2.45) is 0 Å². The van der Waals surface area contributed by atoms with Crippen LogP contribution in [0.1, 0.15) is 0 Å². The average molecular weight is 705 g/mol. The van der Waals surface area contributed by atoms with Gasteiger partial charge in [-0.05, 0) is 81.2 Å².